The molecule has 1 aromatic rings. The Kier molecular flexibility index (Phi) is 5.18. The van der Waals surface area contributed by atoms with E-state index in [1.54, 1.807) is 0 Å². The van der Waals surface area contributed by atoms with Crippen molar-refractivity contribution < 1.29 is 17.6 Å². The van der Waals surface area contributed by atoms with Crippen molar-refractivity contribution in [1.82, 2.24) is 9.62 Å². The minimum absolute atomic E-state index is 0.200. The first kappa shape index (κ1) is 16.0. The Labute approximate surface area is 131 Å². The Bertz CT molecular complexity index is 552. The van der Waals surface area contributed by atoms with E-state index >= 15 is 0 Å². The van der Waals surface area contributed by atoms with Crippen molar-refractivity contribution in [3.8, 4) is 0 Å². The molecule has 1 saturated carbocycles. The molecule has 6 nitrogen and oxygen atoms in total. The molecule has 1 aromatic heterocycles. The smallest absolute Gasteiger partial charge is 0.243 e. The van der Waals surface area contributed by atoms with Crippen LogP contribution < -0.4 is 4.72 Å². The van der Waals surface area contributed by atoms with Gasteiger partial charge in [0.25, 0.3) is 0 Å². The summed E-state index contributed by atoms with van der Waals surface area (Å²) in [5.41, 5.74) is 0. The molecular formula is C15H24N2O4S. The van der Waals surface area contributed by atoms with Gasteiger partial charge in [-0.15, -0.1) is 0 Å². The summed E-state index contributed by atoms with van der Waals surface area (Å²) in [6, 6.07) is 1.94. The van der Waals surface area contributed by atoms with Gasteiger partial charge in [-0.05, 0) is 24.8 Å². The highest BCUT2D eigenvalue weighted by molar-refractivity contribution is 7.89. The van der Waals surface area contributed by atoms with Gasteiger partial charge in [0.15, 0.2) is 0 Å². The molecule has 0 bridgehead atoms. The van der Waals surface area contributed by atoms with Crippen LogP contribution in [0.1, 0.15) is 25.7 Å². The van der Waals surface area contributed by atoms with Gasteiger partial charge in [0.05, 0.1) is 19.5 Å². The van der Waals surface area contributed by atoms with Crippen molar-refractivity contribution >= 4 is 10.0 Å². The van der Waals surface area contributed by atoms with Gasteiger partial charge in [-0.2, -0.15) is 0 Å². The van der Waals surface area contributed by atoms with Crippen LogP contribution in [-0.2, 0) is 14.8 Å². The molecule has 0 spiro atoms. The quantitative estimate of drug-likeness (QED) is 0.886. The number of rotatable bonds is 5. The first-order chi connectivity index (χ1) is 10.7. The van der Waals surface area contributed by atoms with Crippen molar-refractivity contribution in [2.24, 2.45) is 5.92 Å². The lowest BCUT2D eigenvalue weighted by molar-refractivity contribution is -0.00645. The first-order valence-electron chi connectivity index (χ1n) is 8.00. The number of hydrogen-bond donors (Lipinski definition) is 1. The third-order valence-electron chi connectivity index (χ3n) is 4.72. The highest BCUT2D eigenvalue weighted by Crippen LogP contribution is 2.29. The van der Waals surface area contributed by atoms with Crippen LogP contribution in [0.3, 0.4) is 0 Å². The van der Waals surface area contributed by atoms with Gasteiger partial charge >= 0.3 is 0 Å². The summed E-state index contributed by atoms with van der Waals surface area (Å²) in [5.74, 6) is 0.369. The zero-order chi connectivity index (χ0) is 15.4. The van der Waals surface area contributed by atoms with E-state index in [0.29, 0.717) is 18.5 Å². The van der Waals surface area contributed by atoms with Crippen molar-refractivity contribution in [1.29, 1.82) is 0 Å². The molecule has 3 rings (SSSR count). The maximum Gasteiger partial charge on any atom is 0.243 e. The van der Waals surface area contributed by atoms with E-state index in [0.717, 1.165) is 39.1 Å². The number of hydrogen-bond acceptors (Lipinski definition) is 5. The molecule has 2 atom stereocenters. The molecule has 0 unspecified atom stereocenters. The number of ether oxygens (including phenoxy) is 1. The molecule has 124 valence electrons. The Morgan fingerprint density at radius 2 is 2.00 bits per heavy atom. The maximum absolute atomic E-state index is 12.2. The molecule has 2 aliphatic rings. The number of nitrogens with zero attached hydrogens (tertiary/aromatic N) is 1. The lowest BCUT2D eigenvalue weighted by Gasteiger charge is -2.41. The molecule has 0 radical (unpaired) electrons. The number of furan rings is 1. The van der Waals surface area contributed by atoms with Crippen LogP contribution in [0.25, 0.3) is 0 Å². The minimum Gasteiger partial charge on any atom is -0.471 e. The second kappa shape index (κ2) is 7.12. The average Bonchev–Trinajstić information content (AvgIpc) is 3.10. The summed E-state index contributed by atoms with van der Waals surface area (Å²) >= 11 is 0. The fourth-order valence-electron chi connectivity index (χ4n) is 3.52. The molecule has 2 fully saturated rings. The second-order valence-corrected chi connectivity index (χ2v) is 7.84. The summed E-state index contributed by atoms with van der Waals surface area (Å²) in [7, 11) is -3.46. The minimum atomic E-state index is -3.46. The molecular weight excluding hydrogens is 304 g/mol. The lowest BCUT2D eigenvalue weighted by Crippen LogP contribution is -2.50. The molecule has 1 aliphatic carbocycles. The van der Waals surface area contributed by atoms with Crippen molar-refractivity contribution in [2.75, 3.05) is 32.8 Å². The Morgan fingerprint density at radius 1 is 1.23 bits per heavy atom. The van der Waals surface area contributed by atoms with E-state index in [9.17, 15) is 8.42 Å². The van der Waals surface area contributed by atoms with Gasteiger partial charge in [0.2, 0.25) is 10.0 Å². The topological polar surface area (TPSA) is 71.8 Å². The molecule has 0 aromatic carbocycles. The molecule has 1 N–H and O–H groups in total. The third-order valence-corrected chi connectivity index (χ3v) is 6.12. The van der Waals surface area contributed by atoms with E-state index in [2.05, 4.69) is 9.62 Å². The van der Waals surface area contributed by atoms with Gasteiger partial charge in [0.1, 0.15) is 11.2 Å². The van der Waals surface area contributed by atoms with Crippen molar-refractivity contribution in [3.05, 3.63) is 18.6 Å². The van der Waals surface area contributed by atoms with Crippen molar-refractivity contribution in [3.63, 3.8) is 0 Å². The Balaban J connectivity index is 1.62. The first-order valence-corrected chi connectivity index (χ1v) is 9.49. The van der Waals surface area contributed by atoms with Crippen LogP contribution >= 0.6 is 0 Å². The van der Waals surface area contributed by atoms with Gasteiger partial charge in [-0.25, -0.2) is 13.1 Å². The van der Waals surface area contributed by atoms with Crippen LogP contribution in [0.2, 0.25) is 0 Å². The van der Waals surface area contributed by atoms with E-state index in [-0.39, 0.29) is 4.90 Å². The zero-order valence-electron chi connectivity index (χ0n) is 12.7. The largest absolute Gasteiger partial charge is 0.471 e. The third kappa shape index (κ3) is 3.71. The van der Waals surface area contributed by atoms with Crippen molar-refractivity contribution in [2.45, 2.75) is 36.6 Å². The molecule has 7 heteroatoms. The zero-order valence-corrected chi connectivity index (χ0v) is 13.6. The highest BCUT2D eigenvalue weighted by Gasteiger charge is 2.32. The van der Waals surface area contributed by atoms with Gasteiger partial charge < -0.3 is 9.15 Å². The number of morpholine rings is 1. The predicted molar refractivity (Wildman–Crippen MR) is 82.0 cm³/mol. The maximum atomic E-state index is 12.2. The summed E-state index contributed by atoms with van der Waals surface area (Å²) in [6.07, 6.45) is 7.29. The van der Waals surface area contributed by atoms with Crippen LogP contribution in [0.15, 0.2) is 27.9 Å². The lowest BCUT2D eigenvalue weighted by atomic mass is 9.83. The monoisotopic (exact) mass is 328 g/mol. The van der Waals surface area contributed by atoms with Crippen LogP contribution in [0.5, 0.6) is 0 Å². The standard InChI is InChI=1S/C15H24N2O4S/c18-22(19,14-5-8-21-12-14)16-11-13-3-1-2-4-15(13)17-6-9-20-10-7-17/h5,8,12-13,15-16H,1-4,6-7,9-11H2/t13-,15-/m0/s1. The van der Waals surface area contributed by atoms with E-state index in [1.165, 1.54) is 31.4 Å². The van der Waals surface area contributed by atoms with Crippen LogP contribution in [0.4, 0.5) is 0 Å². The average molecular weight is 328 g/mol. The van der Waals surface area contributed by atoms with Crippen LogP contribution in [0, 0.1) is 5.92 Å². The molecule has 1 saturated heterocycles. The fourth-order valence-corrected chi connectivity index (χ4v) is 4.54. The fraction of sp³-hybridized carbons (Fsp3) is 0.733. The van der Waals surface area contributed by atoms with Crippen LogP contribution in [-0.4, -0.2) is 52.2 Å². The number of nitrogens with one attached hydrogen (secondary N) is 1. The van der Waals surface area contributed by atoms with Gasteiger partial charge in [0, 0.05) is 25.7 Å². The van der Waals surface area contributed by atoms with E-state index in [4.69, 9.17) is 9.15 Å². The van der Waals surface area contributed by atoms with Gasteiger partial charge in [-0.1, -0.05) is 12.8 Å². The molecule has 1 aliphatic heterocycles. The summed E-state index contributed by atoms with van der Waals surface area (Å²) in [6.45, 7) is 3.97. The second-order valence-electron chi connectivity index (χ2n) is 6.07. The summed E-state index contributed by atoms with van der Waals surface area (Å²) < 4.78 is 37.5. The molecule has 2 heterocycles. The predicted octanol–water partition coefficient (Wildman–Crippen LogP) is 1.45. The molecule has 0 amide bonds. The molecule has 22 heavy (non-hydrogen) atoms. The summed E-state index contributed by atoms with van der Waals surface area (Å²) in [4.78, 5) is 2.67. The SMILES string of the molecule is O=S(=O)(NC[C@@H]1CCCC[C@@H]1N1CCOCC1)c1ccoc1. The normalized spacial score (nSPS) is 27.8. The number of sulfonamides is 1. The summed E-state index contributed by atoms with van der Waals surface area (Å²) in [5, 5.41) is 0. The van der Waals surface area contributed by atoms with E-state index in [1.807, 2.05) is 0 Å². The Morgan fingerprint density at radius 3 is 2.73 bits per heavy atom. The van der Waals surface area contributed by atoms with E-state index < -0.39 is 10.0 Å². The van der Waals surface area contributed by atoms with Gasteiger partial charge in [-0.3, -0.25) is 4.90 Å². The highest BCUT2D eigenvalue weighted by atomic mass is 32.2. The Hall–Kier alpha value is -0.890.